The van der Waals surface area contributed by atoms with Crippen molar-refractivity contribution >= 4 is 95.9 Å². The molecule has 0 aromatic carbocycles. The number of aromatic amines is 1. The van der Waals surface area contributed by atoms with Crippen LogP contribution in [0.5, 0.6) is 0 Å². The Kier molecular flexibility index (Phi) is 41.6. The van der Waals surface area contributed by atoms with Crippen molar-refractivity contribution in [3.63, 3.8) is 0 Å². The van der Waals surface area contributed by atoms with Crippen LogP contribution in [0.2, 0.25) is 0 Å². The van der Waals surface area contributed by atoms with Crippen molar-refractivity contribution in [2.24, 2.45) is 0 Å². The molecule has 0 saturated heterocycles. The Labute approximate surface area is 123 Å². The Morgan fingerprint density at radius 2 is 1.00 bits per heavy atom. The maximum Gasteiger partial charge on any atom is 0.000496 e. The molecule has 0 amide bonds. The molecular formula is C4H9I4N. The van der Waals surface area contributed by atoms with Crippen LogP contribution in [-0.4, -0.2) is 4.98 Å². The van der Waals surface area contributed by atoms with Gasteiger partial charge in [0, 0.05) is 12.4 Å². The average Bonchev–Trinajstić information content (AvgIpc) is 1.76. The maximum atomic E-state index is 2.86. The highest BCUT2D eigenvalue weighted by Crippen LogP contribution is 1.72. The van der Waals surface area contributed by atoms with Crippen molar-refractivity contribution in [2.75, 3.05) is 0 Å². The van der Waals surface area contributed by atoms with Crippen LogP contribution in [-0.2, 0) is 0 Å². The molecular weight excluding hydrogens is 570 g/mol. The van der Waals surface area contributed by atoms with Gasteiger partial charge in [-0.25, -0.2) is 0 Å². The molecule has 0 aliphatic carbocycles. The minimum absolute atomic E-state index is 0. The summed E-state index contributed by atoms with van der Waals surface area (Å²) in [6.45, 7) is 0. The molecule has 58 valence electrons. The fraction of sp³-hybridized carbons (Fsp3) is 0. The van der Waals surface area contributed by atoms with E-state index in [1.807, 2.05) is 24.5 Å². The number of aromatic nitrogens is 1. The van der Waals surface area contributed by atoms with Crippen molar-refractivity contribution in [1.82, 2.24) is 4.98 Å². The summed E-state index contributed by atoms with van der Waals surface area (Å²) in [6.07, 6.45) is 3.75. The zero-order chi connectivity index (χ0) is 3.54. The predicted octanol–water partition coefficient (Wildman–Crippen LogP) is 3.49. The summed E-state index contributed by atoms with van der Waals surface area (Å²) in [5.74, 6) is 0. The molecule has 1 rings (SSSR count). The molecule has 1 aromatic rings. The lowest BCUT2D eigenvalue weighted by Gasteiger charge is -1.49. The highest BCUT2D eigenvalue weighted by Gasteiger charge is 1.55. The standard InChI is InChI=1S/C4H5N.4HI/c1-2-4-5-3-1;;;;/h1-5H;4*1H. The van der Waals surface area contributed by atoms with Crippen LogP contribution in [0.25, 0.3) is 0 Å². The number of hydrogen-bond acceptors (Lipinski definition) is 0. The molecule has 0 unspecified atom stereocenters. The van der Waals surface area contributed by atoms with E-state index in [1.54, 1.807) is 0 Å². The minimum Gasteiger partial charge on any atom is -0.368 e. The highest BCUT2D eigenvalue weighted by atomic mass is 127. The molecule has 0 radical (unpaired) electrons. The summed E-state index contributed by atoms with van der Waals surface area (Å²) in [5.41, 5.74) is 0. The van der Waals surface area contributed by atoms with Gasteiger partial charge in [0.1, 0.15) is 0 Å². The largest absolute Gasteiger partial charge is 0.368 e. The fourth-order valence-electron chi connectivity index (χ4n) is 0.278. The molecule has 0 atom stereocenters. The van der Waals surface area contributed by atoms with Gasteiger partial charge in [0.2, 0.25) is 0 Å². The SMILES string of the molecule is I.I.I.I.c1cc[nH]c1. The van der Waals surface area contributed by atoms with Gasteiger partial charge in [-0.15, -0.1) is 95.9 Å². The summed E-state index contributed by atoms with van der Waals surface area (Å²) in [5, 5.41) is 0. The van der Waals surface area contributed by atoms with Gasteiger partial charge < -0.3 is 4.98 Å². The predicted molar refractivity (Wildman–Crippen MR) is 82.5 cm³/mol. The van der Waals surface area contributed by atoms with E-state index in [9.17, 15) is 0 Å². The maximum absolute atomic E-state index is 2.86. The van der Waals surface area contributed by atoms with Gasteiger partial charge in [-0.05, 0) is 12.1 Å². The lowest BCUT2D eigenvalue weighted by Crippen LogP contribution is -1.38. The van der Waals surface area contributed by atoms with Gasteiger partial charge in [-0.3, -0.25) is 0 Å². The second kappa shape index (κ2) is 16.7. The fourth-order valence-corrected chi connectivity index (χ4v) is 0.278. The Balaban J connectivity index is -0.0000000312. The van der Waals surface area contributed by atoms with Gasteiger partial charge in [0.25, 0.3) is 0 Å². The van der Waals surface area contributed by atoms with Crippen LogP contribution < -0.4 is 0 Å². The van der Waals surface area contributed by atoms with E-state index in [0.29, 0.717) is 0 Å². The summed E-state index contributed by atoms with van der Waals surface area (Å²) < 4.78 is 0. The van der Waals surface area contributed by atoms with E-state index in [0.717, 1.165) is 0 Å². The molecule has 0 aliphatic rings. The Morgan fingerprint density at radius 3 is 1.11 bits per heavy atom. The molecule has 1 N–H and O–H groups in total. The first-order valence-corrected chi connectivity index (χ1v) is 1.58. The molecule has 1 aromatic heterocycles. The third kappa shape index (κ3) is 13.2. The normalized spacial score (nSPS) is 4.44. The lowest BCUT2D eigenvalue weighted by molar-refractivity contribution is 1.42. The molecule has 0 bridgehead atoms. The first-order valence-electron chi connectivity index (χ1n) is 1.58. The van der Waals surface area contributed by atoms with Crippen LogP contribution >= 0.6 is 95.9 Å². The second-order valence-electron chi connectivity index (χ2n) is 0.885. The first kappa shape index (κ1) is 22.5. The summed E-state index contributed by atoms with van der Waals surface area (Å²) in [4.78, 5) is 2.86. The summed E-state index contributed by atoms with van der Waals surface area (Å²) in [6, 6.07) is 3.89. The quantitative estimate of drug-likeness (QED) is 0.454. The van der Waals surface area contributed by atoms with Crippen molar-refractivity contribution in [2.45, 2.75) is 0 Å². The summed E-state index contributed by atoms with van der Waals surface area (Å²) in [7, 11) is 0. The van der Waals surface area contributed by atoms with Gasteiger partial charge in [0.05, 0.1) is 0 Å². The molecule has 1 nitrogen and oxygen atoms in total. The zero-order valence-electron chi connectivity index (χ0n) is 4.44. The van der Waals surface area contributed by atoms with Crippen molar-refractivity contribution in [3.8, 4) is 0 Å². The monoisotopic (exact) mass is 579 g/mol. The Morgan fingerprint density at radius 1 is 0.667 bits per heavy atom. The first-order chi connectivity index (χ1) is 2.50. The topological polar surface area (TPSA) is 15.8 Å². The highest BCUT2D eigenvalue weighted by molar-refractivity contribution is 14.0. The Bertz CT molecular complexity index is 69.0. The van der Waals surface area contributed by atoms with E-state index in [4.69, 9.17) is 0 Å². The third-order valence-electron chi connectivity index (χ3n) is 0.496. The van der Waals surface area contributed by atoms with Crippen LogP contribution in [0.4, 0.5) is 0 Å². The Hall–Kier alpha value is 2.20. The third-order valence-corrected chi connectivity index (χ3v) is 0.496. The summed E-state index contributed by atoms with van der Waals surface area (Å²) >= 11 is 0. The molecule has 0 fully saturated rings. The number of H-pyrrole nitrogens is 1. The molecule has 0 spiro atoms. The minimum atomic E-state index is 0. The van der Waals surface area contributed by atoms with E-state index >= 15 is 0 Å². The van der Waals surface area contributed by atoms with Crippen molar-refractivity contribution in [1.29, 1.82) is 0 Å². The van der Waals surface area contributed by atoms with Crippen LogP contribution in [0.1, 0.15) is 0 Å². The van der Waals surface area contributed by atoms with Gasteiger partial charge >= 0.3 is 0 Å². The molecule has 5 heteroatoms. The smallest absolute Gasteiger partial charge is 0.000496 e. The van der Waals surface area contributed by atoms with E-state index < -0.39 is 0 Å². The van der Waals surface area contributed by atoms with Crippen LogP contribution in [0.15, 0.2) is 24.5 Å². The second-order valence-corrected chi connectivity index (χ2v) is 0.885. The van der Waals surface area contributed by atoms with Crippen LogP contribution in [0.3, 0.4) is 0 Å². The van der Waals surface area contributed by atoms with Crippen molar-refractivity contribution in [3.05, 3.63) is 24.5 Å². The molecule has 0 saturated carbocycles. The van der Waals surface area contributed by atoms with E-state index in [-0.39, 0.29) is 95.9 Å². The van der Waals surface area contributed by atoms with Crippen molar-refractivity contribution < 1.29 is 0 Å². The number of hydrogen-bond donors (Lipinski definition) is 1. The van der Waals surface area contributed by atoms with Gasteiger partial charge in [0.15, 0.2) is 0 Å². The number of halogens is 4. The molecule has 0 aliphatic heterocycles. The number of nitrogens with one attached hydrogen (secondary N) is 1. The van der Waals surface area contributed by atoms with Crippen LogP contribution in [0, 0.1) is 0 Å². The number of rotatable bonds is 0. The molecule has 1 heterocycles. The molecule has 9 heavy (non-hydrogen) atoms. The van der Waals surface area contributed by atoms with E-state index in [2.05, 4.69) is 4.98 Å². The van der Waals surface area contributed by atoms with Gasteiger partial charge in [-0.1, -0.05) is 0 Å². The van der Waals surface area contributed by atoms with E-state index in [1.165, 1.54) is 0 Å². The lowest BCUT2D eigenvalue weighted by atomic mass is 10.7. The average molecular weight is 579 g/mol. The zero-order valence-corrected chi connectivity index (χ0v) is 13.8. The van der Waals surface area contributed by atoms with Gasteiger partial charge in [-0.2, -0.15) is 0 Å².